The molecule has 0 unspecified atom stereocenters. The third-order valence-electron chi connectivity index (χ3n) is 2.64. The molecule has 0 amide bonds. The van der Waals surface area contributed by atoms with Gasteiger partial charge in [0.05, 0.1) is 15.8 Å². The van der Waals surface area contributed by atoms with Gasteiger partial charge in [-0.05, 0) is 29.8 Å². The molecular formula is C15H9N3S. The van der Waals surface area contributed by atoms with Crippen molar-refractivity contribution in [2.45, 2.75) is 0 Å². The van der Waals surface area contributed by atoms with Crippen molar-refractivity contribution < 1.29 is 0 Å². The zero-order valence-corrected chi connectivity index (χ0v) is 10.8. The highest BCUT2D eigenvalue weighted by Gasteiger charge is 2.08. The molecule has 3 rings (SSSR count). The lowest BCUT2D eigenvalue weighted by molar-refractivity contribution is 1.32. The molecule has 0 N–H and O–H groups in total. The van der Waals surface area contributed by atoms with Gasteiger partial charge in [0.25, 0.3) is 0 Å². The van der Waals surface area contributed by atoms with Gasteiger partial charge in [-0.2, -0.15) is 5.26 Å². The number of nitrogens with zero attached hydrogens (tertiary/aromatic N) is 3. The zero-order chi connectivity index (χ0) is 13.1. The second-order valence-corrected chi connectivity index (χ2v) is 4.97. The van der Waals surface area contributed by atoms with Crippen molar-refractivity contribution in [1.29, 1.82) is 5.26 Å². The molecule has 0 aliphatic heterocycles. The average Bonchev–Trinajstić information content (AvgIpc) is 2.89. The van der Waals surface area contributed by atoms with Crippen LogP contribution in [-0.4, -0.2) is 9.97 Å². The summed E-state index contributed by atoms with van der Waals surface area (Å²) in [6.45, 7) is 0. The van der Waals surface area contributed by atoms with E-state index in [0.717, 1.165) is 20.8 Å². The third kappa shape index (κ3) is 2.37. The fourth-order valence-electron chi connectivity index (χ4n) is 1.76. The van der Waals surface area contributed by atoms with Crippen molar-refractivity contribution in [3.8, 4) is 6.07 Å². The Kier molecular flexibility index (Phi) is 3.05. The molecule has 0 fully saturated rings. The van der Waals surface area contributed by atoms with Crippen LogP contribution < -0.4 is 0 Å². The van der Waals surface area contributed by atoms with E-state index in [1.165, 1.54) is 11.3 Å². The molecule has 90 valence electrons. The normalized spacial score (nSPS) is 11.4. The van der Waals surface area contributed by atoms with E-state index in [0.29, 0.717) is 5.57 Å². The molecule has 0 radical (unpaired) electrons. The predicted molar refractivity (Wildman–Crippen MR) is 77.3 cm³/mol. The number of allylic oxidation sites excluding steroid dienone is 1. The summed E-state index contributed by atoms with van der Waals surface area (Å²) in [5, 5.41) is 10.0. The molecule has 3 nitrogen and oxygen atoms in total. The van der Waals surface area contributed by atoms with E-state index in [1.54, 1.807) is 12.4 Å². The zero-order valence-electron chi connectivity index (χ0n) is 9.95. The molecule has 3 aromatic rings. The van der Waals surface area contributed by atoms with Gasteiger partial charge in [0.15, 0.2) is 0 Å². The number of rotatable bonds is 2. The number of pyridine rings is 1. The molecule has 0 aliphatic carbocycles. The Morgan fingerprint density at radius 3 is 2.84 bits per heavy atom. The summed E-state index contributed by atoms with van der Waals surface area (Å²) >= 11 is 1.53. The first-order valence-corrected chi connectivity index (χ1v) is 6.56. The van der Waals surface area contributed by atoms with Gasteiger partial charge in [-0.3, -0.25) is 4.98 Å². The Labute approximate surface area is 114 Å². The van der Waals surface area contributed by atoms with Crippen molar-refractivity contribution in [3.05, 3.63) is 59.4 Å². The van der Waals surface area contributed by atoms with Gasteiger partial charge in [0, 0.05) is 12.4 Å². The molecule has 0 saturated carbocycles. The van der Waals surface area contributed by atoms with Crippen LogP contribution in [0.1, 0.15) is 10.6 Å². The summed E-state index contributed by atoms with van der Waals surface area (Å²) in [6.07, 6.45) is 5.25. The Morgan fingerprint density at radius 2 is 2.11 bits per heavy atom. The average molecular weight is 263 g/mol. The Balaban J connectivity index is 2.08. The highest BCUT2D eigenvalue weighted by molar-refractivity contribution is 7.19. The van der Waals surface area contributed by atoms with Crippen LogP contribution in [0.15, 0.2) is 48.8 Å². The highest BCUT2D eigenvalue weighted by atomic mass is 32.1. The van der Waals surface area contributed by atoms with Crippen molar-refractivity contribution >= 4 is 33.2 Å². The van der Waals surface area contributed by atoms with E-state index in [2.05, 4.69) is 16.0 Å². The molecule has 0 atom stereocenters. The first-order valence-electron chi connectivity index (χ1n) is 5.74. The number of benzene rings is 1. The number of hydrogen-bond donors (Lipinski definition) is 0. The number of nitriles is 1. The van der Waals surface area contributed by atoms with Crippen LogP contribution in [0, 0.1) is 11.3 Å². The van der Waals surface area contributed by atoms with E-state index in [9.17, 15) is 5.26 Å². The topological polar surface area (TPSA) is 49.6 Å². The van der Waals surface area contributed by atoms with Gasteiger partial charge in [0.2, 0.25) is 0 Å². The quantitative estimate of drug-likeness (QED) is 0.661. The minimum absolute atomic E-state index is 0.564. The van der Waals surface area contributed by atoms with Gasteiger partial charge < -0.3 is 0 Å². The molecule has 0 spiro atoms. The van der Waals surface area contributed by atoms with Crippen molar-refractivity contribution in [2.24, 2.45) is 0 Å². The van der Waals surface area contributed by atoms with Gasteiger partial charge in [-0.15, -0.1) is 11.3 Å². The molecule has 2 heterocycles. The molecule has 1 aromatic carbocycles. The maximum atomic E-state index is 9.29. The molecule has 2 aromatic heterocycles. The largest absolute Gasteiger partial charge is 0.264 e. The van der Waals surface area contributed by atoms with Crippen LogP contribution in [0.4, 0.5) is 0 Å². The number of hydrogen-bond acceptors (Lipinski definition) is 4. The standard InChI is InChI=1S/C15H9N3S/c16-9-12(8-11-4-3-7-17-10-11)15-18-13-5-1-2-6-14(13)19-15/h1-8,10H/b12-8-. The molecule has 4 heteroatoms. The van der Waals surface area contributed by atoms with Gasteiger partial charge in [-0.1, -0.05) is 18.2 Å². The first-order chi connectivity index (χ1) is 9.36. The number of para-hydroxylation sites is 1. The maximum Gasteiger partial charge on any atom is 0.135 e. The third-order valence-corrected chi connectivity index (χ3v) is 3.71. The van der Waals surface area contributed by atoms with Crippen LogP contribution in [0.3, 0.4) is 0 Å². The van der Waals surface area contributed by atoms with Crippen LogP contribution in [0.5, 0.6) is 0 Å². The van der Waals surface area contributed by atoms with E-state index < -0.39 is 0 Å². The Morgan fingerprint density at radius 1 is 1.21 bits per heavy atom. The van der Waals surface area contributed by atoms with E-state index in [4.69, 9.17) is 0 Å². The first kappa shape index (κ1) is 11.6. The van der Waals surface area contributed by atoms with Gasteiger partial charge in [-0.25, -0.2) is 4.98 Å². The summed E-state index contributed by atoms with van der Waals surface area (Å²) in [5.41, 5.74) is 2.39. The van der Waals surface area contributed by atoms with Crippen molar-refractivity contribution in [1.82, 2.24) is 9.97 Å². The number of thiazole rings is 1. The van der Waals surface area contributed by atoms with Crippen LogP contribution >= 0.6 is 11.3 Å². The predicted octanol–water partition coefficient (Wildman–Crippen LogP) is 3.76. The van der Waals surface area contributed by atoms with Crippen molar-refractivity contribution in [2.75, 3.05) is 0 Å². The fraction of sp³-hybridized carbons (Fsp3) is 0. The van der Waals surface area contributed by atoms with E-state index in [-0.39, 0.29) is 0 Å². The molecule has 0 saturated heterocycles. The van der Waals surface area contributed by atoms with Gasteiger partial charge in [0.1, 0.15) is 11.1 Å². The summed E-state index contributed by atoms with van der Waals surface area (Å²) < 4.78 is 1.09. The molecular weight excluding hydrogens is 254 g/mol. The fourth-order valence-corrected chi connectivity index (χ4v) is 2.69. The number of fused-ring (bicyclic) bond motifs is 1. The lowest BCUT2D eigenvalue weighted by atomic mass is 10.2. The molecule has 0 bridgehead atoms. The van der Waals surface area contributed by atoms with Crippen LogP contribution in [-0.2, 0) is 0 Å². The van der Waals surface area contributed by atoms with Gasteiger partial charge >= 0.3 is 0 Å². The van der Waals surface area contributed by atoms with E-state index >= 15 is 0 Å². The smallest absolute Gasteiger partial charge is 0.135 e. The second-order valence-electron chi connectivity index (χ2n) is 3.94. The van der Waals surface area contributed by atoms with E-state index in [1.807, 2.05) is 42.5 Å². The maximum absolute atomic E-state index is 9.29. The molecule has 0 aliphatic rings. The summed E-state index contributed by atoms with van der Waals surface area (Å²) in [6, 6.07) is 13.9. The monoisotopic (exact) mass is 263 g/mol. The Bertz CT molecular complexity index is 749. The van der Waals surface area contributed by atoms with Crippen molar-refractivity contribution in [3.63, 3.8) is 0 Å². The lowest BCUT2D eigenvalue weighted by Gasteiger charge is -1.93. The summed E-state index contributed by atoms with van der Waals surface area (Å²) in [5.74, 6) is 0. The SMILES string of the molecule is N#C/C(=C/c1cccnc1)c1nc2ccccc2s1. The Hall–Kier alpha value is -2.51. The molecule has 19 heavy (non-hydrogen) atoms. The van der Waals surface area contributed by atoms with Crippen LogP contribution in [0.25, 0.3) is 21.9 Å². The number of aromatic nitrogens is 2. The highest BCUT2D eigenvalue weighted by Crippen LogP contribution is 2.27. The summed E-state index contributed by atoms with van der Waals surface area (Å²) in [4.78, 5) is 8.52. The minimum atomic E-state index is 0.564. The minimum Gasteiger partial charge on any atom is -0.264 e. The lowest BCUT2D eigenvalue weighted by Crippen LogP contribution is -1.81. The summed E-state index contributed by atoms with van der Waals surface area (Å²) in [7, 11) is 0. The van der Waals surface area contributed by atoms with Crippen LogP contribution in [0.2, 0.25) is 0 Å². The second kappa shape index (κ2) is 5.01.